The number of hydrogen-bond donors (Lipinski definition) is 1. The summed E-state index contributed by atoms with van der Waals surface area (Å²) in [5.74, 6) is 0.917. The van der Waals surface area contributed by atoms with Gasteiger partial charge in [-0.1, -0.05) is 80.6 Å². The smallest absolute Gasteiger partial charge is 0.225 e. The summed E-state index contributed by atoms with van der Waals surface area (Å²) < 4.78 is 0. The normalized spacial score (nSPS) is 16.6. The Bertz CT molecular complexity index is 1150. The Labute approximate surface area is 181 Å². The number of thioether (sulfide) groups is 1. The minimum Gasteiger partial charge on any atom is -0.320 e. The van der Waals surface area contributed by atoms with Crippen LogP contribution < -0.4 is 5.32 Å². The predicted octanol–water partition coefficient (Wildman–Crippen LogP) is 6.24. The summed E-state index contributed by atoms with van der Waals surface area (Å²) in [6.45, 7) is 4.32. The number of nitrogens with one attached hydrogen (secondary N) is 1. The maximum Gasteiger partial charge on any atom is 0.225 e. The second-order valence-electron chi connectivity index (χ2n) is 7.91. The Morgan fingerprint density at radius 2 is 1.80 bits per heavy atom. The van der Waals surface area contributed by atoms with E-state index in [1.165, 1.54) is 33.7 Å². The van der Waals surface area contributed by atoms with Crippen molar-refractivity contribution >= 4 is 28.4 Å². The van der Waals surface area contributed by atoms with Crippen molar-refractivity contribution in [2.45, 2.75) is 37.9 Å². The minimum absolute atomic E-state index is 0.0349. The first-order chi connectivity index (χ1) is 14.6. The molecule has 30 heavy (non-hydrogen) atoms. The molecule has 0 saturated carbocycles. The monoisotopic (exact) mass is 412 g/mol. The second kappa shape index (κ2) is 8.77. The average Bonchev–Trinajstić information content (AvgIpc) is 2.77. The van der Waals surface area contributed by atoms with E-state index in [-0.39, 0.29) is 11.8 Å². The Balaban J connectivity index is 1.63. The Kier molecular flexibility index (Phi) is 5.92. The first kappa shape index (κ1) is 20.3. The number of amides is 1. The molecule has 1 aliphatic heterocycles. The molecule has 150 valence electrons. The third-order valence-corrected chi connectivity index (χ3v) is 6.68. The molecule has 0 radical (unpaired) electrons. The van der Waals surface area contributed by atoms with Gasteiger partial charge >= 0.3 is 0 Å². The summed E-state index contributed by atoms with van der Waals surface area (Å²) in [6.07, 6.45) is 0.308. The highest BCUT2D eigenvalue weighted by atomic mass is 32.2. The number of fused-ring (bicyclic) bond motifs is 1. The van der Waals surface area contributed by atoms with E-state index in [9.17, 15) is 10.1 Å². The number of nitrogens with zero attached hydrogens (tertiary/aromatic N) is 1. The summed E-state index contributed by atoms with van der Waals surface area (Å²) in [4.78, 5) is 12.4. The molecule has 4 heteroatoms. The van der Waals surface area contributed by atoms with Crippen molar-refractivity contribution in [3.05, 3.63) is 94.0 Å². The van der Waals surface area contributed by atoms with Gasteiger partial charge in [-0.05, 0) is 33.4 Å². The Morgan fingerprint density at radius 3 is 2.53 bits per heavy atom. The fourth-order valence-electron chi connectivity index (χ4n) is 3.90. The first-order valence-corrected chi connectivity index (χ1v) is 11.2. The zero-order chi connectivity index (χ0) is 21.1. The third-order valence-electron chi connectivity index (χ3n) is 5.61. The third kappa shape index (κ3) is 4.13. The van der Waals surface area contributed by atoms with Crippen LogP contribution in [-0.2, 0) is 10.5 Å². The summed E-state index contributed by atoms with van der Waals surface area (Å²) in [7, 11) is 0. The molecule has 0 saturated heterocycles. The fraction of sp³-hybridized carbons (Fsp3) is 0.231. The molecule has 1 N–H and O–H groups in total. The molecule has 0 aromatic heterocycles. The maximum absolute atomic E-state index is 12.4. The lowest BCUT2D eigenvalue weighted by molar-refractivity contribution is -0.120. The largest absolute Gasteiger partial charge is 0.320 e. The van der Waals surface area contributed by atoms with Gasteiger partial charge in [0.25, 0.3) is 0 Å². The van der Waals surface area contributed by atoms with E-state index in [0.717, 1.165) is 5.56 Å². The number of hydrogen-bond acceptors (Lipinski definition) is 3. The number of carbonyl (C=O) groups is 1. The van der Waals surface area contributed by atoms with E-state index in [1.807, 2.05) is 12.1 Å². The van der Waals surface area contributed by atoms with Crippen molar-refractivity contribution < 1.29 is 4.79 Å². The van der Waals surface area contributed by atoms with E-state index in [2.05, 4.69) is 79.8 Å². The van der Waals surface area contributed by atoms with Gasteiger partial charge in [0.1, 0.15) is 0 Å². The van der Waals surface area contributed by atoms with E-state index in [4.69, 9.17) is 0 Å². The lowest BCUT2D eigenvalue weighted by Crippen LogP contribution is -2.30. The standard InChI is InChI=1S/C26H24N2OS/c1-17(2)18-10-12-20(13-11-18)23-14-25(29)28-26(24(23)15-27)30-16-21-8-5-7-19-6-3-4-9-22(19)21/h3-13,17,23H,14,16H2,1-2H3,(H,28,29). The lowest BCUT2D eigenvalue weighted by Gasteiger charge is -2.25. The number of nitriles is 1. The van der Waals surface area contributed by atoms with Crippen LogP contribution in [0, 0.1) is 11.3 Å². The van der Waals surface area contributed by atoms with Gasteiger partial charge in [-0.3, -0.25) is 4.79 Å². The molecule has 0 aliphatic carbocycles. The van der Waals surface area contributed by atoms with Crippen LogP contribution in [0.15, 0.2) is 77.3 Å². The molecule has 3 nitrogen and oxygen atoms in total. The maximum atomic E-state index is 12.4. The lowest BCUT2D eigenvalue weighted by atomic mass is 9.86. The SMILES string of the molecule is CC(C)c1ccc(C2CC(=O)NC(SCc3cccc4ccccc34)=C2C#N)cc1. The summed E-state index contributed by atoms with van der Waals surface area (Å²) in [5.41, 5.74) is 4.12. The van der Waals surface area contributed by atoms with Crippen molar-refractivity contribution in [1.29, 1.82) is 5.26 Å². The molecule has 3 aromatic rings. The molecule has 1 amide bonds. The van der Waals surface area contributed by atoms with Crippen LogP contribution in [0.3, 0.4) is 0 Å². The number of rotatable bonds is 5. The van der Waals surface area contributed by atoms with Gasteiger partial charge < -0.3 is 5.32 Å². The second-order valence-corrected chi connectivity index (χ2v) is 8.89. The van der Waals surface area contributed by atoms with Crippen LogP contribution in [0.5, 0.6) is 0 Å². The van der Waals surface area contributed by atoms with Gasteiger partial charge in [-0.25, -0.2) is 0 Å². The van der Waals surface area contributed by atoms with Gasteiger partial charge in [-0.2, -0.15) is 5.26 Å². The van der Waals surface area contributed by atoms with Crippen LogP contribution in [0.1, 0.15) is 48.8 Å². The average molecular weight is 413 g/mol. The molecular weight excluding hydrogens is 388 g/mol. The van der Waals surface area contributed by atoms with Crippen LogP contribution in [0.2, 0.25) is 0 Å². The molecule has 1 aliphatic rings. The molecule has 0 spiro atoms. The van der Waals surface area contributed by atoms with Gasteiger partial charge in [0.15, 0.2) is 0 Å². The van der Waals surface area contributed by atoms with Crippen LogP contribution >= 0.6 is 11.8 Å². The van der Waals surface area contributed by atoms with E-state index in [0.29, 0.717) is 28.7 Å². The summed E-state index contributed by atoms with van der Waals surface area (Å²) >= 11 is 1.53. The van der Waals surface area contributed by atoms with Crippen molar-refractivity contribution in [1.82, 2.24) is 5.32 Å². The zero-order valence-electron chi connectivity index (χ0n) is 17.2. The van der Waals surface area contributed by atoms with E-state index in [1.54, 1.807) is 0 Å². The number of allylic oxidation sites excluding steroid dienone is 1. The highest BCUT2D eigenvalue weighted by molar-refractivity contribution is 8.02. The van der Waals surface area contributed by atoms with Crippen molar-refractivity contribution in [3.63, 3.8) is 0 Å². The highest BCUT2D eigenvalue weighted by Gasteiger charge is 2.29. The molecule has 0 fully saturated rings. The molecule has 1 heterocycles. The summed E-state index contributed by atoms with van der Waals surface area (Å²) in [5, 5.41) is 15.9. The number of benzene rings is 3. The van der Waals surface area contributed by atoms with Crippen molar-refractivity contribution in [2.24, 2.45) is 0 Å². The number of carbonyl (C=O) groups excluding carboxylic acids is 1. The molecule has 1 unspecified atom stereocenters. The zero-order valence-corrected chi connectivity index (χ0v) is 18.0. The van der Waals surface area contributed by atoms with Gasteiger partial charge in [0.05, 0.1) is 16.7 Å². The van der Waals surface area contributed by atoms with Crippen LogP contribution in [0.4, 0.5) is 0 Å². The summed E-state index contributed by atoms with van der Waals surface area (Å²) in [6, 6.07) is 25.2. The highest BCUT2D eigenvalue weighted by Crippen LogP contribution is 2.37. The molecule has 1 atom stereocenters. The van der Waals surface area contributed by atoms with Crippen LogP contribution in [-0.4, -0.2) is 5.91 Å². The Morgan fingerprint density at radius 1 is 1.07 bits per heavy atom. The van der Waals surface area contributed by atoms with Crippen molar-refractivity contribution in [3.8, 4) is 6.07 Å². The topological polar surface area (TPSA) is 52.9 Å². The van der Waals surface area contributed by atoms with Crippen LogP contribution in [0.25, 0.3) is 10.8 Å². The quantitative estimate of drug-likeness (QED) is 0.540. The van der Waals surface area contributed by atoms with Gasteiger partial charge in [-0.15, -0.1) is 11.8 Å². The van der Waals surface area contributed by atoms with Gasteiger partial charge in [0, 0.05) is 18.1 Å². The molecule has 4 rings (SSSR count). The Hall–Kier alpha value is -3.03. The van der Waals surface area contributed by atoms with E-state index >= 15 is 0 Å². The predicted molar refractivity (Wildman–Crippen MR) is 124 cm³/mol. The first-order valence-electron chi connectivity index (χ1n) is 10.2. The van der Waals surface area contributed by atoms with Crippen molar-refractivity contribution in [2.75, 3.05) is 0 Å². The molecular formula is C26H24N2OS. The minimum atomic E-state index is -0.194. The molecule has 3 aromatic carbocycles. The molecule has 0 bridgehead atoms. The van der Waals surface area contributed by atoms with E-state index < -0.39 is 0 Å². The van der Waals surface area contributed by atoms with Gasteiger partial charge in [0.2, 0.25) is 5.91 Å². The fourth-order valence-corrected chi connectivity index (χ4v) is 4.98.